The van der Waals surface area contributed by atoms with Gasteiger partial charge in [-0.2, -0.15) is 9.81 Å². The Morgan fingerprint density at radius 1 is 0.923 bits per heavy atom. The van der Waals surface area contributed by atoms with Crippen LogP contribution >= 0.6 is 0 Å². The molecule has 144 valence electrons. The first-order chi connectivity index (χ1) is 12.6. The van der Waals surface area contributed by atoms with Gasteiger partial charge in [0, 0.05) is 18.4 Å². The van der Waals surface area contributed by atoms with Gasteiger partial charge in [0.25, 0.3) is 0 Å². The van der Waals surface area contributed by atoms with E-state index in [-0.39, 0.29) is 32.1 Å². The lowest BCUT2D eigenvalue weighted by atomic mass is 10.1. The third kappa shape index (κ3) is 7.56. The molecule has 2 N–H and O–H groups in total. The Morgan fingerprint density at radius 2 is 1.42 bits per heavy atom. The predicted octanol–water partition coefficient (Wildman–Crippen LogP) is 2.69. The fourth-order valence-corrected chi connectivity index (χ4v) is 2.02. The summed E-state index contributed by atoms with van der Waals surface area (Å²) in [6, 6.07) is 3.16. The number of nitrogens with zero attached hydrogens (tertiary/aromatic N) is 2. The van der Waals surface area contributed by atoms with E-state index in [2.05, 4.69) is 10.4 Å². The van der Waals surface area contributed by atoms with Crippen LogP contribution < -0.4 is 19.9 Å². The molecule has 0 fully saturated rings. The fourth-order valence-electron chi connectivity index (χ4n) is 2.02. The maximum atomic E-state index is 11.8. The van der Waals surface area contributed by atoms with Gasteiger partial charge in [0.2, 0.25) is 5.75 Å². The fraction of sp³-hybridized carbons (Fsp3) is 0.588. The molecule has 0 aliphatic heterocycles. The Hall–Kier alpha value is -2.55. The Balaban J connectivity index is 3.05. The zero-order valence-corrected chi connectivity index (χ0v) is 14.9. The summed E-state index contributed by atoms with van der Waals surface area (Å²) in [6.45, 7) is 3.01. The highest BCUT2D eigenvalue weighted by molar-refractivity contribution is 5.95. The molecule has 9 heteroatoms. The largest absolute Gasteiger partial charge is 0.489 e. The lowest BCUT2D eigenvalue weighted by molar-refractivity contribution is 0.101. The van der Waals surface area contributed by atoms with Crippen molar-refractivity contribution in [1.82, 2.24) is 0 Å². The molecule has 0 heterocycles. The van der Waals surface area contributed by atoms with Crippen molar-refractivity contribution in [2.45, 2.75) is 26.2 Å². The zero-order valence-electron chi connectivity index (χ0n) is 14.9. The quantitative estimate of drug-likeness (QED) is 0.286. The Kier molecular flexibility index (Phi) is 10.5. The molecule has 0 bridgehead atoms. The number of carbonyl (C=O) groups excluding carboxylic acids is 1. The highest BCUT2D eigenvalue weighted by Crippen LogP contribution is 2.39. The first kappa shape index (κ1) is 21.5. The summed E-state index contributed by atoms with van der Waals surface area (Å²) in [4.78, 5) is 32.2. The van der Waals surface area contributed by atoms with Gasteiger partial charge in [-0.15, -0.1) is 0 Å². The van der Waals surface area contributed by atoms with Crippen LogP contribution in [-0.4, -0.2) is 45.2 Å². The molecule has 0 radical (unpaired) electrons. The number of nitroso groups, excluding NO2 is 2. The maximum Gasteiger partial charge on any atom is 0.203 e. The number of benzene rings is 1. The third-order valence-corrected chi connectivity index (χ3v) is 3.32. The summed E-state index contributed by atoms with van der Waals surface area (Å²) in [5, 5.41) is 5.57. The Labute approximate surface area is 152 Å². The van der Waals surface area contributed by atoms with Gasteiger partial charge in [-0.25, -0.2) is 0 Å². The van der Waals surface area contributed by atoms with Crippen molar-refractivity contribution in [2.75, 3.05) is 39.5 Å². The number of rotatable bonds is 15. The van der Waals surface area contributed by atoms with Gasteiger partial charge in [0.05, 0.1) is 32.9 Å². The van der Waals surface area contributed by atoms with Crippen LogP contribution in [0.3, 0.4) is 0 Å². The van der Waals surface area contributed by atoms with Crippen LogP contribution in [0.15, 0.2) is 22.5 Å². The molecule has 9 nitrogen and oxygen atoms in total. The molecule has 0 atom stereocenters. The molecular weight excluding hydrogens is 342 g/mol. The van der Waals surface area contributed by atoms with Crippen LogP contribution in [0.1, 0.15) is 36.5 Å². The van der Waals surface area contributed by atoms with Gasteiger partial charge in [0.15, 0.2) is 17.3 Å². The van der Waals surface area contributed by atoms with E-state index in [1.165, 1.54) is 6.92 Å². The van der Waals surface area contributed by atoms with Gasteiger partial charge in [-0.05, 0) is 32.0 Å². The number of carbonyl (C=O) groups is 1. The SMILES string of the molecule is CC(=O)c1cc(OCCCN)c(OCCCN=O)c(OCCCN=O)c1. The molecule has 0 saturated heterocycles. The van der Waals surface area contributed by atoms with E-state index < -0.39 is 0 Å². The van der Waals surface area contributed by atoms with Crippen molar-refractivity contribution >= 4 is 5.78 Å². The van der Waals surface area contributed by atoms with Crippen LogP contribution in [0.5, 0.6) is 17.2 Å². The van der Waals surface area contributed by atoms with Gasteiger partial charge in [-0.1, -0.05) is 10.4 Å². The van der Waals surface area contributed by atoms with Crippen LogP contribution in [0, 0.1) is 9.81 Å². The van der Waals surface area contributed by atoms with E-state index in [4.69, 9.17) is 19.9 Å². The molecule has 1 aromatic rings. The van der Waals surface area contributed by atoms with Gasteiger partial charge in [-0.3, -0.25) is 4.79 Å². The summed E-state index contributed by atoms with van der Waals surface area (Å²) >= 11 is 0. The van der Waals surface area contributed by atoms with Gasteiger partial charge in [0.1, 0.15) is 0 Å². The molecule has 0 aromatic heterocycles. The minimum absolute atomic E-state index is 0.132. The molecule has 0 spiro atoms. The highest BCUT2D eigenvalue weighted by atomic mass is 16.5. The second kappa shape index (κ2) is 12.8. The van der Waals surface area contributed by atoms with Crippen molar-refractivity contribution in [3.8, 4) is 17.2 Å². The van der Waals surface area contributed by atoms with Crippen molar-refractivity contribution in [3.63, 3.8) is 0 Å². The number of nitrogens with two attached hydrogens (primary N) is 1. The third-order valence-electron chi connectivity index (χ3n) is 3.32. The highest BCUT2D eigenvalue weighted by Gasteiger charge is 2.17. The topological polar surface area (TPSA) is 130 Å². The molecule has 0 unspecified atom stereocenters. The molecule has 1 rings (SSSR count). The molecule has 0 amide bonds. The minimum atomic E-state index is -0.148. The van der Waals surface area contributed by atoms with Gasteiger partial charge >= 0.3 is 0 Å². The van der Waals surface area contributed by atoms with Crippen LogP contribution in [-0.2, 0) is 0 Å². The predicted molar refractivity (Wildman–Crippen MR) is 97.2 cm³/mol. The number of ketones is 1. The van der Waals surface area contributed by atoms with Crippen LogP contribution in [0.2, 0.25) is 0 Å². The van der Waals surface area contributed by atoms with E-state index >= 15 is 0 Å². The smallest absolute Gasteiger partial charge is 0.203 e. The molecule has 0 aliphatic rings. The van der Waals surface area contributed by atoms with Crippen molar-refractivity contribution in [3.05, 3.63) is 27.5 Å². The van der Waals surface area contributed by atoms with Crippen molar-refractivity contribution < 1.29 is 19.0 Å². The summed E-state index contributed by atoms with van der Waals surface area (Å²) in [5.41, 5.74) is 5.90. The maximum absolute atomic E-state index is 11.8. The molecule has 0 saturated carbocycles. The molecule has 0 aliphatic carbocycles. The lowest BCUT2D eigenvalue weighted by Crippen LogP contribution is -2.10. The number of hydrogen-bond donors (Lipinski definition) is 1. The van der Waals surface area contributed by atoms with E-state index in [0.717, 1.165) is 0 Å². The van der Waals surface area contributed by atoms with Crippen molar-refractivity contribution in [2.24, 2.45) is 16.1 Å². The monoisotopic (exact) mass is 367 g/mol. The van der Waals surface area contributed by atoms with Crippen molar-refractivity contribution in [1.29, 1.82) is 0 Å². The summed E-state index contributed by atoms with van der Waals surface area (Å²) in [5.74, 6) is 0.904. The Bertz CT molecular complexity index is 594. The lowest BCUT2D eigenvalue weighted by Gasteiger charge is -2.18. The van der Waals surface area contributed by atoms with Crippen LogP contribution in [0.4, 0.5) is 0 Å². The first-order valence-electron chi connectivity index (χ1n) is 8.49. The van der Waals surface area contributed by atoms with Crippen LogP contribution in [0.25, 0.3) is 0 Å². The number of hydrogen-bond acceptors (Lipinski definition) is 9. The second-order valence-corrected chi connectivity index (χ2v) is 5.46. The molecular formula is C17H25N3O6. The summed E-state index contributed by atoms with van der Waals surface area (Å²) in [7, 11) is 0. The van der Waals surface area contributed by atoms with E-state index in [0.29, 0.717) is 55.2 Å². The van der Waals surface area contributed by atoms with Gasteiger partial charge < -0.3 is 19.9 Å². The second-order valence-electron chi connectivity index (χ2n) is 5.46. The van der Waals surface area contributed by atoms with E-state index in [1.807, 2.05) is 0 Å². The molecule has 1 aromatic carbocycles. The summed E-state index contributed by atoms with van der Waals surface area (Å²) < 4.78 is 17.1. The normalized spacial score (nSPS) is 10.2. The average Bonchev–Trinajstić information content (AvgIpc) is 2.63. The van der Waals surface area contributed by atoms with E-state index in [1.54, 1.807) is 12.1 Å². The standard InChI is InChI=1S/C17H25N3O6/c1-13(21)14-11-15(24-8-2-5-18)17(26-10-4-7-20-23)16(12-14)25-9-3-6-19-22/h11-12H,2-10,18H2,1H3. The number of ether oxygens (including phenoxy) is 3. The number of Topliss-reactive ketones (excluding diaryl/α,β-unsaturated/α-hetero) is 1. The zero-order chi connectivity index (χ0) is 19.2. The first-order valence-corrected chi connectivity index (χ1v) is 8.49. The Morgan fingerprint density at radius 3 is 1.88 bits per heavy atom. The minimum Gasteiger partial charge on any atom is -0.489 e. The van der Waals surface area contributed by atoms with E-state index in [9.17, 15) is 14.6 Å². The average molecular weight is 367 g/mol. The molecule has 26 heavy (non-hydrogen) atoms. The summed E-state index contributed by atoms with van der Waals surface area (Å²) in [6.07, 6.45) is 1.51.